The van der Waals surface area contributed by atoms with E-state index in [1.54, 1.807) is 7.11 Å². The molecule has 0 amide bonds. The highest BCUT2D eigenvalue weighted by Gasteiger charge is 2.23. The van der Waals surface area contributed by atoms with E-state index >= 15 is 0 Å². The van der Waals surface area contributed by atoms with Crippen LogP contribution < -0.4 is 15.4 Å². The molecule has 0 radical (unpaired) electrons. The minimum Gasteiger partial charge on any atom is -0.497 e. The molecular formula is C22H35IN6O2. The molecule has 1 saturated heterocycles. The van der Waals surface area contributed by atoms with E-state index in [2.05, 4.69) is 44.7 Å². The Morgan fingerprint density at radius 1 is 1.23 bits per heavy atom. The van der Waals surface area contributed by atoms with Crippen LogP contribution >= 0.6 is 24.0 Å². The SMILES string of the molecule is CCNC(=NCC(c1ccc(OC)cc1)N1CCCC1)NCCCc1nc(C)no1.I. The summed E-state index contributed by atoms with van der Waals surface area (Å²) < 4.78 is 10.5. The van der Waals surface area contributed by atoms with Crippen LogP contribution in [0.3, 0.4) is 0 Å². The van der Waals surface area contributed by atoms with E-state index in [4.69, 9.17) is 14.3 Å². The van der Waals surface area contributed by atoms with Crippen molar-refractivity contribution in [3.05, 3.63) is 41.5 Å². The zero-order valence-electron chi connectivity index (χ0n) is 18.8. The second-order valence-electron chi connectivity index (χ2n) is 7.52. The number of aromatic nitrogens is 2. The third-order valence-corrected chi connectivity index (χ3v) is 5.28. The number of ether oxygens (including phenoxy) is 1. The van der Waals surface area contributed by atoms with Gasteiger partial charge in [0.25, 0.3) is 0 Å². The molecule has 31 heavy (non-hydrogen) atoms. The Labute approximate surface area is 202 Å². The predicted octanol–water partition coefficient (Wildman–Crippen LogP) is 3.33. The fourth-order valence-corrected chi connectivity index (χ4v) is 3.72. The van der Waals surface area contributed by atoms with Crippen molar-refractivity contribution >= 4 is 29.9 Å². The standard InChI is InChI=1S/C22H34N6O2.HI/c1-4-23-22(24-13-7-8-21-26-17(2)27-30-21)25-16-20(28-14-5-6-15-28)18-9-11-19(29-3)12-10-18;/h9-12,20H,4-8,13-16H2,1-3H3,(H2,23,24,25);1H. The number of methoxy groups -OCH3 is 1. The average molecular weight is 542 g/mol. The second kappa shape index (κ2) is 13.5. The molecule has 1 aromatic carbocycles. The molecule has 3 rings (SSSR count). The van der Waals surface area contributed by atoms with Gasteiger partial charge in [0.1, 0.15) is 5.75 Å². The van der Waals surface area contributed by atoms with Crippen LogP contribution in [0.15, 0.2) is 33.8 Å². The van der Waals surface area contributed by atoms with E-state index in [0.717, 1.165) is 50.7 Å². The lowest BCUT2D eigenvalue weighted by molar-refractivity contribution is 0.251. The first-order valence-corrected chi connectivity index (χ1v) is 10.9. The van der Waals surface area contributed by atoms with Gasteiger partial charge in [-0.05, 0) is 63.9 Å². The molecule has 1 aliphatic heterocycles. The summed E-state index contributed by atoms with van der Waals surface area (Å²) in [5.41, 5.74) is 1.28. The molecule has 2 heterocycles. The van der Waals surface area contributed by atoms with Gasteiger partial charge >= 0.3 is 0 Å². The van der Waals surface area contributed by atoms with Gasteiger partial charge in [-0.25, -0.2) is 0 Å². The van der Waals surface area contributed by atoms with Gasteiger partial charge < -0.3 is 19.9 Å². The van der Waals surface area contributed by atoms with Crippen LogP contribution in [-0.2, 0) is 6.42 Å². The van der Waals surface area contributed by atoms with Crippen LogP contribution in [0, 0.1) is 6.92 Å². The van der Waals surface area contributed by atoms with Crippen molar-refractivity contribution in [2.45, 2.75) is 45.6 Å². The summed E-state index contributed by atoms with van der Waals surface area (Å²) in [5, 5.41) is 10.6. The number of hydrogen-bond donors (Lipinski definition) is 2. The Balaban J connectivity index is 0.00000341. The van der Waals surface area contributed by atoms with Crippen LogP contribution in [0.25, 0.3) is 0 Å². The normalized spacial score (nSPS) is 15.4. The Bertz CT molecular complexity index is 790. The molecule has 1 unspecified atom stereocenters. The smallest absolute Gasteiger partial charge is 0.226 e. The third kappa shape index (κ3) is 7.95. The van der Waals surface area contributed by atoms with Gasteiger partial charge in [0.05, 0.1) is 19.7 Å². The van der Waals surface area contributed by atoms with Gasteiger partial charge in [0.2, 0.25) is 5.89 Å². The molecule has 8 nitrogen and oxygen atoms in total. The lowest BCUT2D eigenvalue weighted by atomic mass is 10.1. The van der Waals surface area contributed by atoms with E-state index in [1.807, 2.05) is 19.1 Å². The Morgan fingerprint density at radius 3 is 2.58 bits per heavy atom. The first-order chi connectivity index (χ1) is 14.7. The van der Waals surface area contributed by atoms with Gasteiger partial charge in [0, 0.05) is 19.5 Å². The number of halogens is 1. The number of rotatable bonds is 10. The lowest BCUT2D eigenvalue weighted by Gasteiger charge is -2.27. The maximum Gasteiger partial charge on any atom is 0.226 e. The van der Waals surface area contributed by atoms with E-state index < -0.39 is 0 Å². The summed E-state index contributed by atoms with van der Waals surface area (Å²) in [6.45, 7) is 8.50. The highest BCUT2D eigenvalue weighted by atomic mass is 127. The minimum atomic E-state index is 0. The molecule has 1 fully saturated rings. The first kappa shape index (κ1) is 25.4. The molecule has 0 saturated carbocycles. The topological polar surface area (TPSA) is 87.8 Å². The highest BCUT2D eigenvalue weighted by molar-refractivity contribution is 14.0. The highest BCUT2D eigenvalue weighted by Crippen LogP contribution is 2.27. The fraction of sp³-hybridized carbons (Fsp3) is 0.591. The number of guanidine groups is 1. The molecule has 1 atom stereocenters. The molecule has 0 spiro atoms. The molecule has 2 N–H and O–H groups in total. The summed E-state index contributed by atoms with van der Waals surface area (Å²) in [4.78, 5) is 11.7. The zero-order chi connectivity index (χ0) is 21.2. The van der Waals surface area contributed by atoms with Crippen molar-refractivity contribution in [3.63, 3.8) is 0 Å². The van der Waals surface area contributed by atoms with E-state index in [0.29, 0.717) is 18.3 Å². The summed E-state index contributed by atoms with van der Waals surface area (Å²) in [7, 11) is 1.70. The van der Waals surface area contributed by atoms with Crippen LogP contribution in [0.5, 0.6) is 5.75 Å². The van der Waals surface area contributed by atoms with Gasteiger partial charge in [-0.15, -0.1) is 24.0 Å². The van der Waals surface area contributed by atoms with Crippen molar-refractivity contribution in [2.75, 3.05) is 39.8 Å². The van der Waals surface area contributed by atoms with Crippen LogP contribution in [0.2, 0.25) is 0 Å². The van der Waals surface area contributed by atoms with Crippen LogP contribution in [0.1, 0.15) is 49.5 Å². The molecular weight excluding hydrogens is 507 g/mol. The van der Waals surface area contributed by atoms with Crippen molar-refractivity contribution in [3.8, 4) is 5.75 Å². The summed E-state index contributed by atoms with van der Waals surface area (Å²) in [6.07, 6.45) is 4.17. The molecule has 2 aromatic rings. The van der Waals surface area contributed by atoms with Gasteiger partial charge in [0.15, 0.2) is 11.8 Å². The molecule has 9 heteroatoms. The van der Waals surface area contributed by atoms with Gasteiger partial charge in [-0.3, -0.25) is 9.89 Å². The average Bonchev–Trinajstić information content (AvgIpc) is 3.44. The number of aliphatic imine (C=N–C) groups is 1. The number of hydrogen-bond acceptors (Lipinski definition) is 6. The maximum atomic E-state index is 5.32. The molecule has 172 valence electrons. The van der Waals surface area contributed by atoms with E-state index in [9.17, 15) is 0 Å². The maximum absolute atomic E-state index is 5.32. The minimum absolute atomic E-state index is 0. The van der Waals surface area contributed by atoms with E-state index in [1.165, 1.54) is 18.4 Å². The van der Waals surface area contributed by atoms with Crippen molar-refractivity contribution in [2.24, 2.45) is 4.99 Å². The van der Waals surface area contributed by atoms with Gasteiger partial charge in [-0.1, -0.05) is 17.3 Å². The summed E-state index contributed by atoms with van der Waals surface area (Å²) in [6, 6.07) is 8.65. The van der Waals surface area contributed by atoms with Crippen LogP contribution in [-0.4, -0.2) is 60.8 Å². The second-order valence-corrected chi connectivity index (χ2v) is 7.52. The lowest BCUT2D eigenvalue weighted by Crippen LogP contribution is -2.39. The van der Waals surface area contributed by atoms with E-state index in [-0.39, 0.29) is 30.0 Å². The quantitative estimate of drug-likeness (QED) is 0.206. The molecule has 1 aliphatic rings. The Morgan fingerprint density at radius 2 is 1.97 bits per heavy atom. The number of nitrogens with one attached hydrogen (secondary N) is 2. The summed E-state index contributed by atoms with van der Waals surface area (Å²) >= 11 is 0. The van der Waals surface area contributed by atoms with Crippen molar-refractivity contribution in [1.29, 1.82) is 0 Å². The monoisotopic (exact) mass is 542 g/mol. The molecule has 1 aromatic heterocycles. The van der Waals surface area contributed by atoms with Crippen molar-refractivity contribution < 1.29 is 9.26 Å². The number of nitrogens with zero attached hydrogens (tertiary/aromatic N) is 4. The Kier molecular flexibility index (Phi) is 11.1. The van der Waals surface area contributed by atoms with Crippen LogP contribution in [0.4, 0.5) is 0 Å². The Hall–Kier alpha value is -1.88. The molecule has 0 aliphatic carbocycles. The third-order valence-electron chi connectivity index (χ3n) is 5.28. The fourth-order valence-electron chi connectivity index (χ4n) is 3.72. The molecule has 0 bridgehead atoms. The largest absolute Gasteiger partial charge is 0.497 e. The van der Waals surface area contributed by atoms with Crippen molar-refractivity contribution in [1.82, 2.24) is 25.7 Å². The van der Waals surface area contributed by atoms with Gasteiger partial charge in [-0.2, -0.15) is 4.98 Å². The number of aryl methyl sites for hydroxylation is 2. The predicted molar refractivity (Wildman–Crippen MR) is 133 cm³/mol. The number of likely N-dealkylation sites (tertiary alicyclic amines) is 1. The zero-order valence-corrected chi connectivity index (χ0v) is 21.1. The first-order valence-electron chi connectivity index (χ1n) is 10.9. The summed E-state index contributed by atoms with van der Waals surface area (Å²) in [5.74, 6) is 3.09. The number of benzene rings is 1.